The Kier molecular flexibility index (Phi) is 8.05. The van der Waals surface area contributed by atoms with Crippen molar-refractivity contribution in [3.8, 4) is 17.4 Å². The lowest BCUT2D eigenvalue weighted by Crippen LogP contribution is -2.48. The molecule has 2 aromatic rings. The highest BCUT2D eigenvalue weighted by Crippen LogP contribution is 2.28. The summed E-state index contributed by atoms with van der Waals surface area (Å²) in [6, 6.07) is 9.20. The van der Waals surface area contributed by atoms with E-state index in [2.05, 4.69) is 15.1 Å². The maximum absolute atomic E-state index is 12.6. The van der Waals surface area contributed by atoms with Gasteiger partial charge >= 0.3 is 0 Å². The second-order valence-electron chi connectivity index (χ2n) is 6.83. The van der Waals surface area contributed by atoms with Gasteiger partial charge in [-0.25, -0.2) is 0 Å². The molecule has 9 heteroatoms. The number of ether oxygens (including phenoxy) is 4. The van der Waals surface area contributed by atoms with Crippen LogP contribution in [0.1, 0.15) is 5.56 Å². The van der Waals surface area contributed by atoms with Gasteiger partial charge in [-0.15, -0.1) is 10.2 Å². The largest absolute Gasteiger partial charge is 0.493 e. The zero-order valence-corrected chi connectivity index (χ0v) is 18.1. The average molecular weight is 428 g/mol. The number of hydrogen-bond donors (Lipinski definition) is 0. The molecule has 31 heavy (non-hydrogen) atoms. The third-order valence-electron chi connectivity index (χ3n) is 4.90. The molecular formula is C22H28N4O5. The van der Waals surface area contributed by atoms with Gasteiger partial charge in [0.05, 0.1) is 20.8 Å². The number of aromatic nitrogens is 2. The molecule has 0 atom stereocenters. The van der Waals surface area contributed by atoms with Crippen molar-refractivity contribution in [3.05, 3.63) is 42.0 Å². The zero-order valence-electron chi connectivity index (χ0n) is 18.1. The third-order valence-corrected chi connectivity index (χ3v) is 4.90. The lowest BCUT2D eigenvalue weighted by Gasteiger charge is -2.34. The topological polar surface area (TPSA) is 86.3 Å². The predicted octanol–water partition coefficient (Wildman–Crippen LogP) is 1.88. The lowest BCUT2D eigenvalue weighted by atomic mass is 10.2. The summed E-state index contributed by atoms with van der Waals surface area (Å²) >= 11 is 0. The number of piperazine rings is 1. The van der Waals surface area contributed by atoms with Crippen LogP contribution in [0.3, 0.4) is 0 Å². The van der Waals surface area contributed by atoms with Gasteiger partial charge in [-0.3, -0.25) is 4.79 Å². The Morgan fingerprint density at radius 2 is 1.74 bits per heavy atom. The van der Waals surface area contributed by atoms with Crippen molar-refractivity contribution in [1.82, 2.24) is 15.1 Å². The van der Waals surface area contributed by atoms with Crippen LogP contribution in [0.4, 0.5) is 5.82 Å². The first-order valence-electron chi connectivity index (χ1n) is 10.0. The Morgan fingerprint density at radius 3 is 2.39 bits per heavy atom. The van der Waals surface area contributed by atoms with Gasteiger partial charge in [0.1, 0.15) is 6.61 Å². The number of benzene rings is 1. The molecule has 0 radical (unpaired) electrons. The summed E-state index contributed by atoms with van der Waals surface area (Å²) in [5, 5.41) is 8.32. The van der Waals surface area contributed by atoms with Crippen molar-refractivity contribution >= 4 is 17.8 Å². The molecule has 1 amide bonds. The molecule has 1 fully saturated rings. The van der Waals surface area contributed by atoms with Crippen molar-refractivity contribution in [2.75, 3.05) is 65.6 Å². The Morgan fingerprint density at radius 1 is 0.968 bits per heavy atom. The van der Waals surface area contributed by atoms with Crippen molar-refractivity contribution in [2.24, 2.45) is 0 Å². The van der Waals surface area contributed by atoms with Gasteiger partial charge in [0.25, 0.3) is 0 Å². The zero-order chi connectivity index (χ0) is 22.1. The molecule has 9 nitrogen and oxygen atoms in total. The Labute approximate surface area is 182 Å². The SMILES string of the molecule is COCCOc1ccc(N2CCN(C(=O)/C=C/c3ccc(OC)c(OC)c3)CC2)nn1. The lowest BCUT2D eigenvalue weighted by molar-refractivity contribution is -0.126. The molecule has 1 aromatic heterocycles. The minimum absolute atomic E-state index is 0.0255. The highest BCUT2D eigenvalue weighted by atomic mass is 16.5. The molecule has 2 heterocycles. The van der Waals surface area contributed by atoms with E-state index in [4.69, 9.17) is 18.9 Å². The molecule has 0 spiro atoms. The summed E-state index contributed by atoms with van der Waals surface area (Å²) in [6.45, 7) is 3.54. The summed E-state index contributed by atoms with van der Waals surface area (Å²) in [6.07, 6.45) is 3.37. The molecular weight excluding hydrogens is 400 g/mol. The first kappa shape index (κ1) is 22.4. The molecule has 3 rings (SSSR count). The quantitative estimate of drug-likeness (QED) is 0.442. The van der Waals surface area contributed by atoms with Crippen LogP contribution in [0.25, 0.3) is 6.08 Å². The summed E-state index contributed by atoms with van der Waals surface area (Å²) < 4.78 is 20.9. The second-order valence-corrected chi connectivity index (χ2v) is 6.83. The van der Waals surface area contributed by atoms with E-state index in [1.807, 2.05) is 29.2 Å². The number of anilines is 1. The number of methoxy groups -OCH3 is 3. The van der Waals surface area contributed by atoms with E-state index in [1.165, 1.54) is 0 Å². The second kappa shape index (κ2) is 11.2. The van der Waals surface area contributed by atoms with E-state index >= 15 is 0 Å². The molecule has 0 aliphatic carbocycles. The average Bonchev–Trinajstić information content (AvgIpc) is 2.83. The summed E-state index contributed by atoms with van der Waals surface area (Å²) in [4.78, 5) is 16.5. The number of hydrogen-bond acceptors (Lipinski definition) is 8. The van der Waals surface area contributed by atoms with Crippen LogP contribution in [0, 0.1) is 0 Å². The standard InChI is InChI=1S/C22H28N4O5/c1-28-14-15-31-21-8-7-20(23-24-21)25-10-12-26(13-11-25)22(27)9-5-17-4-6-18(29-2)19(16-17)30-3/h4-9,16H,10-15H2,1-3H3/b9-5+. The summed E-state index contributed by atoms with van der Waals surface area (Å²) in [5.74, 6) is 2.49. The fraction of sp³-hybridized carbons (Fsp3) is 0.409. The molecule has 1 aliphatic heterocycles. The van der Waals surface area contributed by atoms with Crippen LogP contribution >= 0.6 is 0 Å². The van der Waals surface area contributed by atoms with Crippen LogP contribution in [0.5, 0.6) is 17.4 Å². The van der Waals surface area contributed by atoms with Crippen LogP contribution in [0.2, 0.25) is 0 Å². The maximum Gasteiger partial charge on any atom is 0.246 e. The first-order chi connectivity index (χ1) is 15.1. The summed E-state index contributed by atoms with van der Waals surface area (Å²) in [7, 11) is 4.80. The number of rotatable bonds is 9. The Bertz CT molecular complexity index is 880. The molecule has 0 saturated carbocycles. The number of carbonyl (C=O) groups excluding carboxylic acids is 1. The molecule has 0 bridgehead atoms. The van der Waals surface area contributed by atoms with Crippen molar-refractivity contribution in [1.29, 1.82) is 0 Å². The van der Waals surface area contributed by atoms with Crippen LogP contribution < -0.4 is 19.1 Å². The van der Waals surface area contributed by atoms with E-state index in [1.54, 1.807) is 39.5 Å². The van der Waals surface area contributed by atoms with E-state index in [0.29, 0.717) is 56.8 Å². The van der Waals surface area contributed by atoms with Crippen LogP contribution in [-0.4, -0.2) is 81.7 Å². The van der Waals surface area contributed by atoms with Gasteiger partial charge in [-0.1, -0.05) is 6.07 Å². The molecule has 0 N–H and O–H groups in total. The number of carbonyl (C=O) groups is 1. The fourth-order valence-corrected chi connectivity index (χ4v) is 3.17. The normalized spacial score (nSPS) is 14.0. The Balaban J connectivity index is 1.51. The molecule has 1 aromatic carbocycles. The smallest absolute Gasteiger partial charge is 0.246 e. The maximum atomic E-state index is 12.6. The van der Waals surface area contributed by atoms with Crippen molar-refractivity contribution in [3.63, 3.8) is 0 Å². The van der Waals surface area contributed by atoms with E-state index < -0.39 is 0 Å². The van der Waals surface area contributed by atoms with Crippen molar-refractivity contribution in [2.45, 2.75) is 0 Å². The predicted molar refractivity (Wildman–Crippen MR) is 117 cm³/mol. The monoisotopic (exact) mass is 428 g/mol. The highest BCUT2D eigenvalue weighted by Gasteiger charge is 2.21. The van der Waals surface area contributed by atoms with Gasteiger partial charge in [0.2, 0.25) is 11.8 Å². The van der Waals surface area contributed by atoms with Gasteiger partial charge in [-0.05, 0) is 29.8 Å². The minimum Gasteiger partial charge on any atom is -0.493 e. The van der Waals surface area contributed by atoms with Crippen molar-refractivity contribution < 1.29 is 23.7 Å². The number of amides is 1. The van der Waals surface area contributed by atoms with Gasteiger partial charge in [0.15, 0.2) is 17.3 Å². The van der Waals surface area contributed by atoms with E-state index in [-0.39, 0.29) is 5.91 Å². The first-order valence-corrected chi connectivity index (χ1v) is 10.0. The van der Waals surface area contributed by atoms with Crippen LogP contribution in [-0.2, 0) is 9.53 Å². The Hall–Kier alpha value is -3.33. The van der Waals surface area contributed by atoms with Gasteiger partial charge in [0, 0.05) is 45.4 Å². The van der Waals surface area contributed by atoms with Crippen LogP contribution in [0.15, 0.2) is 36.4 Å². The molecule has 0 unspecified atom stereocenters. The fourth-order valence-electron chi connectivity index (χ4n) is 3.17. The third kappa shape index (κ3) is 6.08. The molecule has 1 saturated heterocycles. The summed E-state index contributed by atoms with van der Waals surface area (Å²) in [5.41, 5.74) is 0.868. The van der Waals surface area contributed by atoms with Gasteiger partial charge in [-0.2, -0.15) is 0 Å². The molecule has 166 valence electrons. The molecule has 1 aliphatic rings. The van der Waals surface area contributed by atoms with E-state index in [9.17, 15) is 4.79 Å². The van der Waals surface area contributed by atoms with E-state index in [0.717, 1.165) is 11.4 Å². The minimum atomic E-state index is -0.0255. The van der Waals surface area contributed by atoms with Gasteiger partial charge < -0.3 is 28.7 Å². The highest BCUT2D eigenvalue weighted by molar-refractivity contribution is 5.92. The number of nitrogens with zero attached hydrogens (tertiary/aromatic N) is 4.